The van der Waals surface area contributed by atoms with Crippen LogP contribution in [0.25, 0.3) is 22.0 Å². The smallest absolute Gasteiger partial charge is 0.259 e. The molecular formula is C23H15Cl2N3O2. The summed E-state index contributed by atoms with van der Waals surface area (Å²) in [5.74, 6) is 0.0235. The van der Waals surface area contributed by atoms with Crippen LogP contribution in [0.3, 0.4) is 0 Å². The predicted octanol–water partition coefficient (Wildman–Crippen LogP) is 5.57. The molecule has 1 aromatic heterocycles. The molecule has 5 nitrogen and oxygen atoms in total. The molecule has 4 aromatic rings. The molecular weight excluding hydrogens is 421 g/mol. The van der Waals surface area contributed by atoms with Crippen molar-refractivity contribution in [1.82, 2.24) is 9.97 Å². The van der Waals surface area contributed by atoms with Crippen molar-refractivity contribution < 1.29 is 4.79 Å². The van der Waals surface area contributed by atoms with Crippen molar-refractivity contribution in [2.75, 3.05) is 5.32 Å². The third-order valence-corrected chi connectivity index (χ3v) is 4.92. The molecule has 148 valence electrons. The molecule has 0 bridgehead atoms. The first kappa shape index (κ1) is 19.9. The average Bonchev–Trinajstić information content (AvgIpc) is 2.74. The number of hydrogen-bond acceptors (Lipinski definition) is 3. The fourth-order valence-corrected chi connectivity index (χ4v) is 3.27. The van der Waals surface area contributed by atoms with Gasteiger partial charge in [-0.15, -0.1) is 0 Å². The van der Waals surface area contributed by atoms with E-state index >= 15 is 0 Å². The van der Waals surface area contributed by atoms with Crippen molar-refractivity contribution in [3.8, 4) is 0 Å². The number of anilines is 1. The van der Waals surface area contributed by atoms with E-state index in [1.807, 2.05) is 12.1 Å². The van der Waals surface area contributed by atoms with E-state index in [0.29, 0.717) is 27.2 Å². The summed E-state index contributed by atoms with van der Waals surface area (Å²) >= 11 is 12.3. The Morgan fingerprint density at radius 2 is 1.77 bits per heavy atom. The SMILES string of the molecule is O=C(Nc1cccc(/C=C(\Cl)c2nc3ccccc3c(=O)[nH]2)c1)c1ccc(Cl)cc1. The van der Waals surface area contributed by atoms with E-state index in [-0.39, 0.29) is 22.3 Å². The lowest BCUT2D eigenvalue weighted by molar-refractivity contribution is 0.102. The lowest BCUT2D eigenvalue weighted by atomic mass is 10.1. The Morgan fingerprint density at radius 3 is 2.57 bits per heavy atom. The lowest BCUT2D eigenvalue weighted by Gasteiger charge is -2.07. The van der Waals surface area contributed by atoms with Gasteiger partial charge < -0.3 is 10.3 Å². The number of amides is 1. The molecule has 0 atom stereocenters. The Kier molecular flexibility index (Phi) is 5.65. The number of fused-ring (bicyclic) bond motifs is 1. The number of para-hydroxylation sites is 1. The number of aromatic amines is 1. The van der Waals surface area contributed by atoms with Crippen LogP contribution in [-0.4, -0.2) is 15.9 Å². The fourth-order valence-electron chi connectivity index (χ4n) is 2.92. The van der Waals surface area contributed by atoms with E-state index in [4.69, 9.17) is 23.2 Å². The van der Waals surface area contributed by atoms with Crippen molar-refractivity contribution in [1.29, 1.82) is 0 Å². The summed E-state index contributed by atoms with van der Waals surface area (Å²) in [6, 6.07) is 20.8. The topological polar surface area (TPSA) is 74.8 Å². The fraction of sp³-hybridized carbons (Fsp3) is 0. The number of H-pyrrole nitrogens is 1. The van der Waals surface area contributed by atoms with E-state index in [1.165, 1.54) is 0 Å². The molecule has 7 heteroatoms. The van der Waals surface area contributed by atoms with Crippen LogP contribution >= 0.6 is 23.2 Å². The Hall–Kier alpha value is -3.41. The monoisotopic (exact) mass is 435 g/mol. The van der Waals surface area contributed by atoms with Crippen LogP contribution in [0.15, 0.2) is 77.6 Å². The molecule has 0 aliphatic rings. The van der Waals surface area contributed by atoms with Gasteiger partial charge in [-0.3, -0.25) is 9.59 Å². The van der Waals surface area contributed by atoms with Gasteiger partial charge in [0.1, 0.15) is 0 Å². The third-order valence-electron chi connectivity index (χ3n) is 4.38. The Labute approximate surface area is 182 Å². The number of carbonyl (C=O) groups excluding carboxylic acids is 1. The molecule has 0 unspecified atom stereocenters. The van der Waals surface area contributed by atoms with Crippen LogP contribution < -0.4 is 10.9 Å². The minimum atomic E-state index is -0.258. The molecule has 0 aliphatic heterocycles. The van der Waals surface area contributed by atoms with Gasteiger partial charge in [-0.2, -0.15) is 0 Å². The molecule has 1 amide bonds. The zero-order chi connectivity index (χ0) is 21.1. The molecule has 30 heavy (non-hydrogen) atoms. The van der Waals surface area contributed by atoms with Crippen molar-refractivity contribution in [2.45, 2.75) is 0 Å². The summed E-state index contributed by atoms with van der Waals surface area (Å²) in [5.41, 5.74) is 2.15. The summed E-state index contributed by atoms with van der Waals surface area (Å²) in [6.45, 7) is 0. The summed E-state index contributed by atoms with van der Waals surface area (Å²) in [4.78, 5) is 31.8. The zero-order valence-corrected chi connectivity index (χ0v) is 17.0. The second kappa shape index (κ2) is 8.53. The van der Waals surface area contributed by atoms with Gasteiger partial charge in [-0.25, -0.2) is 4.98 Å². The minimum Gasteiger partial charge on any atom is -0.322 e. The van der Waals surface area contributed by atoms with Gasteiger partial charge in [0.2, 0.25) is 0 Å². The van der Waals surface area contributed by atoms with Gasteiger partial charge in [0.15, 0.2) is 5.82 Å². The van der Waals surface area contributed by atoms with E-state index in [1.54, 1.807) is 66.7 Å². The van der Waals surface area contributed by atoms with Crippen LogP contribution in [0.4, 0.5) is 5.69 Å². The number of carbonyl (C=O) groups is 1. The number of aromatic nitrogens is 2. The molecule has 1 heterocycles. The number of nitrogens with zero attached hydrogens (tertiary/aromatic N) is 1. The minimum absolute atomic E-state index is 0.251. The Balaban J connectivity index is 1.59. The zero-order valence-electron chi connectivity index (χ0n) is 15.5. The quantitative estimate of drug-likeness (QED) is 0.440. The normalized spacial score (nSPS) is 11.5. The highest BCUT2D eigenvalue weighted by molar-refractivity contribution is 6.50. The van der Waals surface area contributed by atoms with Crippen molar-refractivity contribution in [2.24, 2.45) is 0 Å². The highest BCUT2D eigenvalue weighted by atomic mass is 35.5. The maximum Gasteiger partial charge on any atom is 0.259 e. The standard InChI is InChI=1S/C23H15Cl2N3O2/c24-16-10-8-15(9-11-16)22(29)26-17-5-3-4-14(12-17)13-19(25)21-27-20-7-2-1-6-18(20)23(30)28-21/h1-13H,(H,26,29)(H,27,28,30)/b19-13-. The first-order chi connectivity index (χ1) is 14.5. The van der Waals surface area contributed by atoms with E-state index in [0.717, 1.165) is 5.56 Å². The van der Waals surface area contributed by atoms with Crippen LogP contribution in [-0.2, 0) is 0 Å². The molecule has 0 spiro atoms. The van der Waals surface area contributed by atoms with Gasteiger partial charge in [-0.05, 0) is 60.2 Å². The number of hydrogen-bond donors (Lipinski definition) is 2. The molecule has 0 aliphatic carbocycles. The maximum atomic E-state index is 12.4. The first-order valence-corrected chi connectivity index (χ1v) is 9.79. The molecule has 0 saturated heterocycles. The number of halogens is 2. The third kappa shape index (κ3) is 4.43. The van der Waals surface area contributed by atoms with E-state index in [9.17, 15) is 9.59 Å². The number of rotatable bonds is 4. The van der Waals surface area contributed by atoms with E-state index in [2.05, 4.69) is 15.3 Å². The van der Waals surface area contributed by atoms with Crippen LogP contribution in [0.5, 0.6) is 0 Å². The predicted molar refractivity (Wildman–Crippen MR) is 122 cm³/mol. The van der Waals surface area contributed by atoms with Gasteiger partial charge in [0.25, 0.3) is 11.5 Å². The molecule has 0 radical (unpaired) electrons. The summed E-state index contributed by atoms with van der Waals surface area (Å²) in [6.07, 6.45) is 1.67. The van der Waals surface area contributed by atoms with Crippen LogP contribution in [0.2, 0.25) is 5.02 Å². The van der Waals surface area contributed by atoms with Crippen LogP contribution in [0.1, 0.15) is 21.7 Å². The lowest BCUT2D eigenvalue weighted by Crippen LogP contribution is -2.11. The van der Waals surface area contributed by atoms with Gasteiger partial charge >= 0.3 is 0 Å². The van der Waals surface area contributed by atoms with Crippen molar-refractivity contribution >= 4 is 56.8 Å². The van der Waals surface area contributed by atoms with Gasteiger partial charge in [0, 0.05) is 16.3 Å². The maximum absolute atomic E-state index is 12.4. The Morgan fingerprint density at radius 1 is 1.00 bits per heavy atom. The highest BCUT2D eigenvalue weighted by Crippen LogP contribution is 2.22. The molecule has 0 saturated carbocycles. The molecule has 2 N–H and O–H groups in total. The molecule has 0 fully saturated rings. The second-order valence-corrected chi connectivity index (χ2v) is 7.35. The summed E-state index contributed by atoms with van der Waals surface area (Å²) < 4.78 is 0. The van der Waals surface area contributed by atoms with Crippen LogP contribution in [0, 0.1) is 0 Å². The number of benzene rings is 3. The highest BCUT2D eigenvalue weighted by Gasteiger charge is 2.08. The molecule has 3 aromatic carbocycles. The van der Waals surface area contributed by atoms with E-state index < -0.39 is 0 Å². The Bertz CT molecular complexity index is 1330. The first-order valence-electron chi connectivity index (χ1n) is 9.03. The van der Waals surface area contributed by atoms with Gasteiger partial charge in [0.05, 0.1) is 15.9 Å². The van der Waals surface area contributed by atoms with Gasteiger partial charge in [-0.1, -0.05) is 47.5 Å². The second-order valence-electron chi connectivity index (χ2n) is 6.51. The summed E-state index contributed by atoms with van der Waals surface area (Å²) in [5, 5.41) is 4.17. The number of nitrogens with one attached hydrogen (secondary N) is 2. The largest absolute Gasteiger partial charge is 0.322 e. The summed E-state index contributed by atoms with van der Waals surface area (Å²) in [7, 11) is 0. The van der Waals surface area contributed by atoms with Crippen molar-refractivity contribution in [3.63, 3.8) is 0 Å². The molecule has 4 rings (SSSR count). The average molecular weight is 436 g/mol. The van der Waals surface area contributed by atoms with Crippen molar-refractivity contribution in [3.05, 3.63) is 105 Å².